The van der Waals surface area contributed by atoms with Crippen molar-refractivity contribution in [1.82, 2.24) is 5.32 Å². The normalized spacial score (nSPS) is 13.1. The van der Waals surface area contributed by atoms with Gasteiger partial charge in [-0.2, -0.15) is 8.42 Å². The summed E-state index contributed by atoms with van der Waals surface area (Å²) in [4.78, 5) is 12.9. The number of hydrogen-bond donors (Lipinski definition) is 1. The molecule has 2 aromatic carbocycles. The molecule has 144 valence electrons. The maximum absolute atomic E-state index is 13.1. The van der Waals surface area contributed by atoms with Gasteiger partial charge in [0.05, 0.1) is 20.5 Å². The van der Waals surface area contributed by atoms with Crippen LogP contribution in [0.2, 0.25) is 10.0 Å². The van der Waals surface area contributed by atoms with Crippen molar-refractivity contribution in [3.8, 4) is 11.5 Å². The molecule has 0 saturated heterocycles. The molecule has 0 spiro atoms. The van der Waals surface area contributed by atoms with Gasteiger partial charge in [-0.25, -0.2) is 4.39 Å². The Balaban J connectivity index is 1.90. The Kier molecular flexibility index (Phi) is 6.18. The van der Waals surface area contributed by atoms with Gasteiger partial charge >= 0.3 is 0 Å². The average molecular weight is 440 g/mol. The highest BCUT2D eigenvalue weighted by molar-refractivity contribution is 7.73. The third-order valence-electron chi connectivity index (χ3n) is 3.74. The van der Waals surface area contributed by atoms with Crippen LogP contribution in [0, 0.1) is 5.82 Å². The molecule has 9 heteroatoms. The zero-order chi connectivity index (χ0) is 20.3. The summed E-state index contributed by atoms with van der Waals surface area (Å²) in [5.74, 6) is -0.582. The molecule has 0 heterocycles. The predicted octanol–water partition coefficient (Wildman–Crippen LogP) is 4.55. The molecule has 0 unspecified atom stereocenters. The molecule has 3 rings (SSSR count). The number of halogens is 3. The van der Waals surface area contributed by atoms with E-state index < -0.39 is 22.0 Å². The number of nitrogens with one attached hydrogen (secondary N) is 1. The van der Waals surface area contributed by atoms with Crippen molar-refractivity contribution in [1.29, 1.82) is 0 Å². The molecular formula is C19H12Cl2FNO4S. The van der Waals surface area contributed by atoms with Crippen molar-refractivity contribution < 1.29 is 22.3 Å². The molecule has 1 amide bonds. The summed E-state index contributed by atoms with van der Waals surface area (Å²) in [6, 6.07) is 7.95. The van der Waals surface area contributed by atoms with E-state index in [2.05, 4.69) is 5.32 Å². The number of carbonyl (C=O) groups excluding carboxylic acids is 1. The van der Waals surface area contributed by atoms with E-state index in [1.165, 1.54) is 48.6 Å². The second kappa shape index (κ2) is 8.60. The van der Waals surface area contributed by atoms with Crippen LogP contribution in [0.1, 0.15) is 16.8 Å². The third-order valence-corrected chi connectivity index (χ3v) is 5.17. The lowest BCUT2D eigenvalue weighted by Crippen LogP contribution is -2.25. The van der Waals surface area contributed by atoms with Gasteiger partial charge in [0.2, 0.25) is 10.3 Å². The molecule has 1 aliphatic rings. The lowest BCUT2D eigenvalue weighted by Gasteiger charge is -2.15. The SMILES string of the molecule is O=C(NC1=CC=CC(=S(=O)=O)C1)c1cc(Cl)c(Cl)cc1Oc1ccc(F)cc1. The number of ether oxygens (including phenoxy) is 1. The zero-order valence-corrected chi connectivity index (χ0v) is 16.4. The van der Waals surface area contributed by atoms with Crippen LogP contribution in [0.25, 0.3) is 0 Å². The van der Waals surface area contributed by atoms with Crippen molar-refractivity contribution in [2.45, 2.75) is 6.42 Å². The quantitative estimate of drug-likeness (QED) is 0.709. The molecule has 0 fully saturated rings. The van der Waals surface area contributed by atoms with E-state index in [4.69, 9.17) is 27.9 Å². The number of benzene rings is 2. The third kappa shape index (κ3) is 4.81. The lowest BCUT2D eigenvalue weighted by atomic mass is 10.1. The van der Waals surface area contributed by atoms with Gasteiger partial charge in [-0.1, -0.05) is 29.3 Å². The molecule has 28 heavy (non-hydrogen) atoms. The molecule has 0 atom stereocenters. The summed E-state index contributed by atoms with van der Waals surface area (Å²) in [6.07, 6.45) is 4.61. The zero-order valence-electron chi connectivity index (χ0n) is 14.1. The Morgan fingerprint density at radius 1 is 1.11 bits per heavy atom. The summed E-state index contributed by atoms with van der Waals surface area (Å²) in [7, 11) is -2.38. The molecule has 2 aromatic rings. The Labute approximate surface area is 171 Å². The van der Waals surface area contributed by atoms with Crippen molar-refractivity contribution in [2.24, 2.45) is 0 Å². The predicted molar refractivity (Wildman–Crippen MR) is 106 cm³/mol. The largest absolute Gasteiger partial charge is 0.456 e. The van der Waals surface area contributed by atoms with E-state index in [0.29, 0.717) is 11.4 Å². The van der Waals surface area contributed by atoms with Crippen molar-refractivity contribution in [3.05, 3.63) is 81.7 Å². The van der Waals surface area contributed by atoms with E-state index in [-0.39, 0.29) is 32.6 Å². The molecule has 1 aliphatic carbocycles. The Morgan fingerprint density at radius 2 is 1.79 bits per heavy atom. The van der Waals surface area contributed by atoms with Crippen LogP contribution in [0.5, 0.6) is 11.5 Å². The summed E-state index contributed by atoms with van der Waals surface area (Å²) in [5.41, 5.74) is 0.476. The first-order valence-corrected chi connectivity index (χ1v) is 9.72. The highest BCUT2D eigenvalue weighted by Crippen LogP contribution is 2.33. The number of rotatable bonds is 4. The maximum Gasteiger partial charge on any atom is 0.259 e. The van der Waals surface area contributed by atoms with Gasteiger partial charge in [0, 0.05) is 18.2 Å². The molecule has 0 aromatic heterocycles. The number of allylic oxidation sites excluding steroid dienone is 4. The first-order chi connectivity index (χ1) is 13.3. The Hall–Kier alpha value is -2.61. The van der Waals surface area contributed by atoms with E-state index in [1.807, 2.05) is 0 Å². The maximum atomic E-state index is 13.1. The fourth-order valence-electron chi connectivity index (χ4n) is 2.41. The summed E-state index contributed by atoms with van der Waals surface area (Å²) in [6.45, 7) is 0. The van der Waals surface area contributed by atoms with E-state index >= 15 is 0 Å². The van der Waals surface area contributed by atoms with Crippen molar-refractivity contribution >= 4 is 44.3 Å². The lowest BCUT2D eigenvalue weighted by molar-refractivity contribution is 0.0963. The van der Waals surface area contributed by atoms with E-state index in [0.717, 1.165) is 0 Å². The minimum absolute atomic E-state index is 0.0494. The average Bonchev–Trinajstić information content (AvgIpc) is 2.66. The van der Waals surface area contributed by atoms with Crippen molar-refractivity contribution in [3.63, 3.8) is 0 Å². The van der Waals surface area contributed by atoms with Crippen LogP contribution in [-0.4, -0.2) is 19.2 Å². The van der Waals surface area contributed by atoms with Gasteiger partial charge in [0.15, 0.2) is 0 Å². The molecular weight excluding hydrogens is 428 g/mol. The smallest absolute Gasteiger partial charge is 0.259 e. The molecule has 0 saturated carbocycles. The van der Waals surface area contributed by atoms with Crippen LogP contribution < -0.4 is 10.1 Å². The van der Waals surface area contributed by atoms with Crippen LogP contribution >= 0.6 is 23.2 Å². The summed E-state index contributed by atoms with van der Waals surface area (Å²) >= 11 is 12.1. The van der Waals surface area contributed by atoms with E-state index in [1.54, 1.807) is 6.08 Å². The van der Waals surface area contributed by atoms with Gasteiger partial charge in [0.25, 0.3) is 5.91 Å². The van der Waals surface area contributed by atoms with Crippen molar-refractivity contribution in [2.75, 3.05) is 0 Å². The van der Waals surface area contributed by atoms with Crippen LogP contribution in [-0.2, 0) is 10.3 Å². The van der Waals surface area contributed by atoms with Gasteiger partial charge in [-0.3, -0.25) is 4.79 Å². The minimum atomic E-state index is -2.38. The standard InChI is InChI=1S/C19H12Cl2FNO4S/c20-16-9-15(19(24)23-12-2-1-3-14(8-12)28(25)26)18(10-17(16)21)27-13-6-4-11(22)5-7-13/h1-7,9-10H,8H2,(H,23,24). The minimum Gasteiger partial charge on any atom is -0.456 e. The molecule has 1 N–H and O–H groups in total. The fraction of sp³-hybridized carbons (Fsp3) is 0.0526. The molecule has 0 radical (unpaired) electrons. The number of amides is 1. The van der Waals surface area contributed by atoms with Gasteiger partial charge in [-0.05, 0) is 42.5 Å². The molecule has 0 aliphatic heterocycles. The van der Waals surface area contributed by atoms with Gasteiger partial charge < -0.3 is 10.1 Å². The van der Waals surface area contributed by atoms with Crippen LogP contribution in [0.3, 0.4) is 0 Å². The monoisotopic (exact) mass is 439 g/mol. The van der Waals surface area contributed by atoms with Gasteiger partial charge in [-0.15, -0.1) is 0 Å². The topological polar surface area (TPSA) is 72.5 Å². The highest BCUT2D eigenvalue weighted by Gasteiger charge is 2.19. The second-order valence-electron chi connectivity index (χ2n) is 5.70. The fourth-order valence-corrected chi connectivity index (χ4v) is 3.19. The molecule has 5 nitrogen and oxygen atoms in total. The summed E-state index contributed by atoms with van der Waals surface area (Å²) in [5, 5.41) is 2.95. The number of hydrogen-bond acceptors (Lipinski definition) is 4. The first kappa shape index (κ1) is 20.1. The Bertz CT molecular complexity index is 1130. The first-order valence-electron chi connectivity index (χ1n) is 7.89. The second-order valence-corrected chi connectivity index (χ2v) is 7.51. The molecule has 0 bridgehead atoms. The Morgan fingerprint density at radius 3 is 2.46 bits per heavy atom. The summed E-state index contributed by atoms with van der Waals surface area (Å²) < 4.78 is 41.0. The van der Waals surface area contributed by atoms with Gasteiger partial charge in [0.1, 0.15) is 17.3 Å². The van der Waals surface area contributed by atoms with Crippen LogP contribution in [0.4, 0.5) is 4.39 Å². The highest BCUT2D eigenvalue weighted by atomic mass is 35.5. The van der Waals surface area contributed by atoms with E-state index in [9.17, 15) is 17.6 Å². The number of carbonyl (C=O) groups is 1. The van der Waals surface area contributed by atoms with Crippen LogP contribution in [0.15, 0.2) is 60.3 Å².